The van der Waals surface area contributed by atoms with Gasteiger partial charge >= 0.3 is 0 Å². The Labute approximate surface area is 109 Å². The number of amides is 1. The van der Waals surface area contributed by atoms with E-state index in [9.17, 15) is 4.79 Å². The van der Waals surface area contributed by atoms with Crippen LogP contribution in [0.3, 0.4) is 0 Å². The second-order valence-electron chi connectivity index (χ2n) is 5.58. The maximum absolute atomic E-state index is 12.1. The second kappa shape index (κ2) is 5.11. The standard InChI is InChI=1S/C15H22N2O/c1-9(2)10(3)15(18)17-13-8-11-6-4-5-7-12(11)14(13)16/h4-7,9-10,13-14H,8,16H2,1-3H3,(H,17,18)/t10?,13-,14-/m0/s1. The van der Waals surface area contributed by atoms with Crippen molar-refractivity contribution < 1.29 is 4.79 Å². The van der Waals surface area contributed by atoms with Crippen molar-refractivity contribution in [3.05, 3.63) is 35.4 Å². The molecule has 2 rings (SSSR count). The first-order valence-corrected chi connectivity index (χ1v) is 6.64. The minimum atomic E-state index is -0.0792. The number of nitrogens with two attached hydrogens (primary N) is 1. The van der Waals surface area contributed by atoms with E-state index in [4.69, 9.17) is 5.73 Å². The summed E-state index contributed by atoms with van der Waals surface area (Å²) in [4.78, 5) is 12.1. The van der Waals surface area contributed by atoms with Gasteiger partial charge in [0.2, 0.25) is 5.91 Å². The summed E-state index contributed by atoms with van der Waals surface area (Å²) in [5.74, 6) is 0.490. The monoisotopic (exact) mass is 246 g/mol. The predicted molar refractivity (Wildman–Crippen MR) is 73.0 cm³/mol. The van der Waals surface area contributed by atoms with Crippen molar-refractivity contribution >= 4 is 5.91 Å². The summed E-state index contributed by atoms with van der Waals surface area (Å²) in [5, 5.41) is 3.09. The molecule has 18 heavy (non-hydrogen) atoms. The fourth-order valence-corrected chi connectivity index (χ4v) is 2.38. The first kappa shape index (κ1) is 13.1. The Morgan fingerprint density at radius 2 is 2.00 bits per heavy atom. The van der Waals surface area contributed by atoms with Gasteiger partial charge in [0, 0.05) is 5.92 Å². The minimum Gasteiger partial charge on any atom is -0.351 e. The zero-order chi connectivity index (χ0) is 13.3. The second-order valence-corrected chi connectivity index (χ2v) is 5.58. The Morgan fingerprint density at radius 1 is 1.33 bits per heavy atom. The topological polar surface area (TPSA) is 55.1 Å². The maximum Gasteiger partial charge on any atom is 0.223 e. The average Bonchev–Trinajstić information content (AvgIpc) is 2.66. The molecule has 0 aromatic heterocycles. The van der Waals surface area contributed by atoms with Crippen molar-refractivity contribution in [2.75, 3.05) is 0 Å². The normalized spacial score (nSPS) is 23.8. The van der Waals surface area contributed by atoms with Crippen LogP contribution in [0.4, 0.5) is 0 Å². The lowest BCUT2D eigenvalue weighted by Gasteiger charge is -2.22. The molecule has 0 heterocycles. The number of hydrogen-bond acceptors (Lipinski definition) is 2. The van der Waals surface area contributed by atoms with Gasteiger partial charge < -0.3 is 11.1 Å². The molecular weight excluding hydrogens is 224 g/mol. The highest BCUT2D eigenvalue weighted by Gasteiger charge is 2.31. The summed E-state index contributed by atoms with van der Waals surface area (Å²) < 4.78 is 0. The molecule has 1 unspecified atom stereocenters. The first-order valence-electron chi connectivity index (χ1n) is 6.64. The SMILES string of the molecule is CC(C)C(C)C(=O)N[C@H]1Cc2ccccc2[C@@H]1N. The molecular formula is C15H22N2O. The smallest absolute Gasteiger partial charge is 0.223 e. The van der Waals surface area contributed by atoms with Crippen molar-refractivity contribution in [3.8, 4) is 0 Å². The van der Waals surface area contributed by atoms with Crippen molar-refractivity contribution in [3.63, 3.8) is 0 Å². The summed E-state index contributed by atoms with van der Waals surface area (Å²) >= 11 is 0. The number of fused-ring (bicyclic) bond motifs is 1. The zero-order valence-corrected chi connectivity index (χ0v) is 11.3. The molecule has 1 aliphatic rings. The first-order chi connectivity index (χ1) is 8.50. The van der Waals surface area contributed by atoms with Crippen LogP contribution >= 0.6 is 0 Å². The summed E-state index contributed by atoms with van der Waals surface area (Å²) in [6, 6.07) is 8.12. The summed E-state index contributed by atoms with van der Waals surface area (Å²) in [5.41, 5.74) is 8.62. The molecule has 3 heteroatoms. The Hall–Kier alpha value is -1.35. The maximum atomic E-state index is 12.1. The third-order valence-corrected chi connectivity index (χ3v) is 4.03. The van der Waals surface area contributed by atoms with Gasteiger partial charge in [0.1, 0.15) is 0 Å². The fraction of sp³-hybridized carbons (Fsp3) is 0.533. The van der Waals surface area contributed by atoms with Crippen LogP contribution in [0.25, 0.3) is 0 Å². The molecule has 3 N–H and O–H groups in total. The molecule has 1 aliphatic carbocycles. The van der Waals surface area contributed by atoms with Crippen LogP contribution in [0.15, 0.2) is 24.3 Å². The van der Waals surface area contributed by atoms with Crippen LogP contribution < -0.4 is 11.1 Å². The van der Waals surface area contributed by atoms with Gasteiger partial charge in [-0.2, -0.15) is 0 Å². The van der Waals surface area contributed by atoms with E-state index in [1.807, 2.05) is 19.1 Å². The van der Waals surface area contributed by atoms with Crippen molar-refractivity contribution in [2.24, 2.45) is 17.6 Å². The molecule has 0 aliphatic heterocycles. The van der Waals surface area contributed by atoms with Gasteiger partial charge in [0.15, 0.2) is 0 Å². The molecule has 3 atom stereocenters. The number of rotatable bonds is 3. The summed E-state index contributed by atoms with van der Waals surface area (Å²) in [6.07, 6.45) is 0.841. The highest BCUT2D eigenvalue weighted by atomic mass is 16.1. The van der Waals surface area contributed by atoms with Crippen LogP contribution in [0.1, 0.15) is 37.9 Å². The molecule has 0 bridgehead atoms. The van der Waals surface area contributed by atoms with Gasteiger partial charge in [0.25, 0.3) is 0 Å². The number of hydrogen-bond donors (Lipinski definition) is 2. The Morgan fingerprint density at radius 3 is 2.61 bits per heavy atom. The van der Waals surface area contributed by atoms with E-state index in [0.29, 0.717) is 5.92 Å². The third-order valence-electron chi connectivity index (χ3n) is 4.03. The molecule has 1 aromatic rings. The zero-order valence-electron chi connectivity index (χ0n) is 11.3. The molecule has 1 amide bonds. The lowest BCUT2D eigenvalue weighted by atomic mass is 9.96. The van der Waals surface area contributed by atoms with E-state index in [-0.39, 0.29) is 23.9 Å². The number of nitrogens with one attached hydrogen (secondary N) is 1. The number of carbonyl (C=O) groups excluding carboxylic acids is 1. The third kappa shape index (κ3) is 2.41. The number of benzene rings is 1. The van der Waals surface area contributed by atoms with Gasteiger partial charge in [-0.1, -0.05) is 45.0 Å². The quantitative estimate of drug-likeness (QED) is 0.857. The largest absolute Gasteiger partial charge is 0.351 e. The summed E-state index contributed by atoms with van der Waals surface area (Å²) in [6.45, 7) is 6.09. The molecule has 0 spiro atoms. The van der Waals surface area contributed by atoms with Crippen molar-refractivity contribution in [1.29, 1.82) is 0 Å². The van der Waals surface area contributed by atoms with Crippen LogP contribution in [0, 0.1) is 11.8 Å². The highest BCUT2D eigenvalue weighted by molar-refractivity contribution is 5.79. The van der Waals surface area contributed by atoms with Gasteiger partial charge in [-0.25, -0.2) is 0 Å². The van der Waals surface area contributed by atoms with Gasteiger partial charge in [-0.05, 0) is 23.5 Å². The lowest BCUT2D eigenvalue weighted by Crippen LogP contribution is -2.43. The van der Waals surface area contributed by atoms with Crippen LogP contribution in [-0.2, 0) is 11.2 Å². The van der Waals surface area contributed by atoms with Crippen LogP contribution in [0.2, 0.25) is 0 Å². The lowest BCUT2D eigenvalue weighted by molar-refractivity contribution is -0.126. The Bertz CT molecular complexity index is 442. The minimum absolute atomic E-state index is 0.0286. The predicted octanol–water partition coefficient (Wildman–Crippen LogP) is 2.02. The average molecular weight is 246 g/mol. The Kier molecular flexibility index (Phi) is 3.71. The van der Waals surface area contributed by atoms with Crippen molar-refractivity contribution in [1.82, 2.24) is 5.32 Å². The van der Waals surface area contributed by atoms with E-state index in [1.54, 1.807) is 0 Å². The Balaban J connectivity index is 2.04. The summed E-state index contributed by atoms with van der Waals surface area (Å²) in [7, 11) is 0. The van der Waals surface area contributed by atoms with Crippen LogP contribution in [0.5, 0.6) is 0 Å². The molecule has 0 saturated carbocycles. The molecule has 0 fully saturated rings. The van der Waals surface area contributed by atoms with E-state index in [0.717, 1.165) is 6.42 Å². The highest BCUT2D eigenvalue weighted by Crippen LogP contribution is 2.29. The molecule has 0 saturated heterocycles. The number of carbonyl (C=O) groups is 1. The van der Waals surface area contributed by atoms with Gasteiger partial charge in [-0.3, -0.25) is 4.79 Å². The van der Waals surface area contributed by atoms with Crippen molar-refractivity contribution in [2.45, 2.75) is 39.3 Å². The molecule has 1 aromatic carbocycles. The van der Waals surface area contributed by atoms with E-state index in [1.165, 1.54) is 11.1 Å². The molecule has 0 radical (unpaired) electrons. The molecule has 98 valence electrons. The van der Waals surface area contributed by atoms with Crippen LogP contribution in [-0.4, -0.2) is 11.9 Å². The fourth-order valence-electron chi connectivity index (χ4n) is 2.38. The van der Waals surface area contributed by atoms with E-state index >= 15 is 0 Å². The van der Waals surface area contributed by atoms with E-state index in [2.05, 4.69) is 31.3 Å². The van der Waals surface area contributed by atoms with Gasteiger partial charge in [0.05, 0.1) is 12.1 Å². The van der Waals surface area contributed by atoms with E-state index < -0.39 is 0 Å². The van der Waals surface area contributed by atoms with Gasteiger partial charge in [-0.15, -0.1) is 0 Å². The molecule has 3 nitrogen and oxygen atoms in total.